The lowest BCUT2D eigenvalue weighted by Gasteiger charge is -2.31. The summed E-state index contributed by atoms with van der Waals surface area (Å²) in [6.45, 7) is 4.21. The minimum Gasteiger partial charge on any atom is -0.346 e. The van der Waals surface area contributed by atoms with E-state index in [0.29, 0.717) is 0 Å². The second kappa shape index (κ2) is 5.50. The number of nitrogens with zero attached hydrogens (tertiary/aromatic N) is 4. The fraction of sp³-hybridized carbons (Fsp3) is 0.278. The molecule has 0 saturated carbocycles. The lowest BCUT2D eigenvalue weighted by atomic mass is 9.92. The molecular weight excluding hydrogens is 286 g/mol. The van der Waals surface area contributed by atoms with E-state index in [1.165, 1.54) is 22.3 Å². The van der Waals surface area contributed by atoms with Gasteiger partial charge in [0.05, 0.1) is 12.1 Å². The Balaban J connectivity index is 1.71. The van der Waals surface area contributed by atoms with Crippen LogP contribution < -0.4 is 5.32 Å². The molecule has 2 atom stereocenters. The van der Waals surface area contributed by atoms with Crippen LogP contribution in [-0.2, 0) is 0 Å². The molecule has 0 bridgehead atoms. The number of anilines is 1. The minimum atomic E-state index is 0.146. The second-order valence-electron chi connectivity index (χ2n) is 6.22. The molecule has 4 rings (SSSR count). The third kappa shape index (κ3) is 2.59. The van der Waals surface area contributed by atoms with Crippen molar-refractivity contribution in [2.45, 2.75) is 32.4 Å². The fourth-order valence-electron chi connectivity index (χ4n) is 3.12. The number of tetrazole rings is 1. The van der Waals surface area contributed by atoms with Crippen molar-refractivity contribution in [1.82, 2.24) is 20.2 Å². The molecule has 0 fully saturated rings. The number of aryl methyl sites for hydroxylation is 2. The number of nitrogens with one attached hydrogen (secondary N) is 1. The molecule has 5 heteroatoms. The molecule has 23 heavy (non-hydrogen) atoms. The summed E-state index contributed by atoms with van der Waals surface area (Å²) in [7, 11) is 0. The van der Waals surface area contributed by atoms with Crippen molar-refractivity contribution >= 4 is 5.95 Å². The van der Waals surface area contributed by atoms with Crippen LogP contribution in [0.15, 0.2) is 48.5 Å². The average molecular weight is 305 g/mol. The Bertz CT molecular complexity index is 804. The van der Waals surface area contributed by atoms with Gasteiger partial charge in [-0.2, -0.15) is 0 Å². The summed E-state index contributed by atoms with van der Waals surface area (Å²) in [5.41, 5.74) is 5.03. The molecule has 0 spiro atoms. The third-order valence-corrected chi connectivity index (χ3v) is 4.49. The van der Waals surface area contributed by atoms with Crippen molar-refractivity contribution < 1.29 is 0 Å². The van der Waals surface area contributed by atoms with Gasteiger partial charge in [-0.05, 0) is 41.8 Å². The van der Waals surface area contributed by atoms with Crippen LogP contribution in [0.3, 0.4) is 0 Å². The molecule has 1 N–H and O–H groups in total. The van der Waals surface area contributed by atoms with Gasteiger partial charge in [-0.15, -0.1) is 0 Å². The number of benzene rings is 2. The first kappa shape index (κ1) is 13.9. The highest BCUT2D eigenvalue weighted by Crippen LogP contribution is 2.36. The summed E-state index contributed by atoms with van der Waals surface area (Å²) < 4.78 is 1.88. The quantitative estimate of drug-likeness (QED) is 0.788. The monoisotopic (exact) mass is 305 g/mol. The molecule has 0 unspecified atom stereocenters. The molecule has 1 aliphatic heterocycles. The van der Waals surface area contributed by atoms with E-state index in [1.54, 1.807) is 0 Å². The third-order valence-electron chi connectivity index (χ3n) is 4.49. The van der Waals surface area contributed by atoms with Crippen LogP contribution in [-0.4, -0.2) is 20.2 Å². The standard InChI is InChI=1S/C18H19N5/c1-12-3-7-14(8-4-12)16-11-17(15-9-5-13(2)6-10-15)23-18(19-16)20-21-22-23/h3-10,16-17H,11H2,1-2H3,(H,19,20,22)/t16-,17+/m0/s1. The van der Waals surface area contributed by atoms with Crippen molar-refractivity contribution in [3.63, 3.8) is 0 Å². The summed E-state index contributed by atoms with van der Waals surface area (Å²) in [4.78, 5) is 0. The van der Waals surface area contributed by atoms with E-state index in [9.17, 15) is 0 Å². The Labute approximate surface area is 135 Å². The fourth-order valence-corrected chi connectivity index (χ4v) is 3.12. The molecule has 0 radical (unpaired) electrons. The number of hydrogen-bond acceptors (Lipinski definition) is 4. The van der Waals surface area contributed by atoms with Crippen molar-refractivity contribution in [1.29, 1.82) is 0 Å². The minimum absolute atomic E-state index is 0.146. The van der Waals surface area contributed by atoms with Gasteiger partial charge in [0, 0.05) is 0 Å². The van der Waals surface area contributed by atoms with Crippen molar-refractivity contribution in [3.05, 3.63) is 70.8 Å². The lowest BCUT2D eigenvalue weighted by molar-refractivity contribution is 0.423. The summed E-state index contributed by atoms with van der Waals surface area (Å²) in [6.07, 6.45) is 0.921. The van der Waals surface area contributed by atoms with Gasteiger partial charge in [-0.25, -0.2) is 4.68 Å². The molecule has 1 aromatic heterocycles. The van der Waals surface area contributed by atoms with E-state index in [4.69, 9.17) is 0 Å². The van der Waals surface area contributed by atoms with Crippen LogP contribution in [0.2, 0.25) is 0 Å². The first-order valence-electron chi connectivity index (χ1n) is 7.88. The topological polar surface area (TPSA) is 55.6 Å². The zero-order valence-electron chi connectivity index (χ0n) is 13.3. The van der Waals surface area contributed by atoms with Gasteiger partial charge in [0.25, 0.3) is 0 Å². The first-order valence-corrected chi connectivity index (χ1v) is 7.88. The van der Waals surface area contributed by atoms with Gasteiger partial charge >= 0.3 is 0 Å². The van der Waals surface area contributed by atoms with Crippen LogP contribution in [0, 0.1) is 13.8 Å². The van der Waals surface area contributed by atoms with Crippen molar-refractivity contribution in [3.8, 4) is 0 Å². The zero-order chi connectivity index (χ0) is 15.8. The predicted octanol–water partition coefficient (Wildman–Crippen LogP) is 3.44. The number of aromatic nitrogens is 4. The Morgan fingerprint density at radius 3 is 2.17 bits per heavy atom. The molecule has 1 aliphatic rings. The molecule has 116 valence electrons. The summed E-state index contributed by atoms with van der Waals surface area (Å²) in [5, 5.41) is 15.6. The van der Waals surface area contributed by atoms with Gasteiger partial charge in [0.15, 0.2) is 0 Å². The molecule has 2 heterocycles. The van der Waals surface area contributed by atoms with Crippen molar-refractivity contribution in [2.24, 2.45) is 0 Å². The maximum atomic E-state index is 4.17. The molecule has 3 aromatic rings. The van der Waals surface area contributed by atoms with E-state index in [0.717, 1.165) is 12.4 Å². The van der Waals surface area contributed by atoms with E-state index < -0.39 is 0 Å². The SMILES string of the molecule is Cc1ccc([C@@H]2C[C@H](c3ccc(C)cc3)n3nnnc3N2)cc1. The van der Waals surface area contributed by atoms with E-state index in [1.807, 2.05) is 4.68 Å². The highest BCUT2D eigenvalue weighted by molar-refractivity contribution is 5.38. The number of hydrogen-bond donors (Lipinski definition) is 1. The smallest absolute Gasteiger partial charge is 0.243 e. The van der Waals surface area contributed by atoms with E-state index in [2.05, 4.69) is 83.2 Å². The number of fused-ring (bicyclic) bond motifs is 1. The zero-order valence-corrected chi connectivity index (χ0v) is 13.3. The van der Waals surface area contributed by atoms with Crippen LogP contribution in [0.4, 0.5) is 5.95 Å². The Morgan fingerprint density at radius 1 is 0.913 bits per heavy atom. The van der Waals surface area contributed by atoms with Crippen LogP contribution in [0.5, 0.6) is 0 Å². The van der Waals surface area contributed by atoms with Gasteiger partial charge in [0.1, 0.15) is 0 Å². The Morgan fingerprint density at radius 2 is 1.52 bits per heavy atom. The molecule has 5 nitrogen and oxygen atoms in total. The summed E-state index contributed by atoms with van der Waals surface area (Å²) >= 11 is 0. The van der Waals surface area contributed by atoms with Crippen LogP contribution in [0.1, 0.15) is 40.8 Å². The molecule has 0 amide bonds. The van der Waals surface area contributed by atoms with Gasteiger partial charge in [-0.1, -0.05) is 64.8 Å². The maximum Gasteiger partial charge on any atom is 0.243 e. The largest absolute Gasteiger partial charge is 0.346 e. The highest BCUT2D eigenvalue weighted by atomic mass is 15.6. The molecule has 2 aromatic carbocycles. The van der Waals surface area contributed by atoms with Crippen LogP contribution >= 0.6 is 0 Å². The molecule has 0 saturated heterocycles. The van der Waals surface area contributed by atoms with E-state index >= 15 is 0 Å². The average Bonchev–Trinajstić information content (AvgIpc) is 3.04. The molecule has 0 aliphatic carbocycles. The van der Waals surface area contributed by atoms with Gasteiger partial charge < -0.3 is 5.32 Å². The highest BCUT2D eigenvalue weighted by Gasteiger charge is 2.30. The summed E-state index contributed by atoms with van der Waals surface area (Å²) in [5.74, 6) is 0.729. The number of rotatable bonds is 2. The molecular formula is C18H19N5. The summed E-state index contributed by atoms with van der Waals surface area (Å²) in [6, 6.07) is 17.6. The maximum absolute atomic E-state index is 4.17. The lowest BCUT2D eigenvalue weighted by Crippen LogP contribution is -2.28. The van der Waals surface area contributed by atoms with Gasteiger partial charge in [-0.3, -0.25) is 0 Å². The Hall–Kier alpha value is -2.69. The van der Waals surface area contributed by atoms with E-state index in [-0.39, 0.29) is 12.1 Å². The second-order valence-corrected chi connectivity index (χ2v) is 6.22. The normalized spacial score (nSPS) is 19.9. The van der Waals surface area contributed by atoms with Crippen LogP contribution in [0.25, 0.3) is 0 Å². The Kier molecular flexibility index (Phi) is 3.33. The van der Waals surface area contributed by atoms with Gasteiger partial charge in [0.2, 0.25) is 5.95 Å². The van der Waals surface area contributed by atoms with Crippen molar-refractivity contribution in [2.75, 3.05) is 5.32 Å². The first-order chi connectivity index (χ1) is 11.2. The predicted molar refractivity (Wildman–Crippen MR) is 89.3 cm³/mol.